The van der Waals surface area contributed by atoms with Crippen molar-refractivity contribution in [3.8, 4) is 33.8 Å². The van der Waals surface area contributed by atoms with Crippen LogP contribution in [0.4, 0.5) is 17.6 Å². The summed E-state index contributed by atoms with van der Waals surface area (Å²) in [6, 6.07) is 19.5. The highest BCUT2D eigenvalue weighted by Gasteiger charge is 2.16. The van der Waals surface area contributed by atoms with Gasteiger partial charge in [0.15, 0.2) is 23.2 Å². The molecule has 212 valence electrons. The monoisotopic (exact) mass is 560 g/mol. The number of halogens is 4. The number of hydrogen-bond donors (Lipinski definition) is 0. The fraction of sp³-hybridized carbons (Fsp3) is 0.200. The minimum absolute atomic E-state index is 0.0641. The van der Waals surface area contributed by atoms with Gasteiger partial charge >= 0.3 is 0 Å². The highest BCUT2D eigenvalue weighted by atomic mass is 19.2. The Morgan fingerprint density at radius 2 is 1.24 bits per heavy atom. The summed E-state index contributed by atoms with van der Waals surface area (Å²) in [5, 5.41) is 0. The first-order valence-corrected chi connectivity index (χ1v) is 13.6. The average Bonchev–Trinajstić information content (AvgIpc) is 2.99. The highest BCUT2D eigenvalue weighted by Crippen LogP contribution is 2.33. The van der Waals surface area contributed by atoms with Crippen molar-refractivity contribution in [2.24, 2.45) is 0 Å². The molecular formula is C35H32F4O2. The molecule has 0 aliphatic rings. The topological polar surface area (TPSA) is 18.5 Å². The van der Waals surface area contributed by atoms with Gasteiger partial charge in [0.2, 0.25) is 5.82 Å². The Morgan fingerprint density at radius 3 is 1.85 bits per heavy atom. The number of rotatable bonds is 13. The van der Waals surface area contributed by atoms with Gasteiger partial charge in [-0.05, 0) is 60.2 Å². The third-order valence-corrected chi connectivity index (χ3v) is 6.58. The van der Waals surface area contributed by atoms with Crippen LogP contribution in [-0.4, -0.2) is 13.2 Å². The van der Waals surface area contributed by atoms with E-state index < -0.39 is 23.3 Å². The van der Waals surface area contributed by atoms with E-state index in [2.05, 4.69) is 13.5 Å². The van der Waals surface area contributed by atoms with Crippen molar-refractivity contribution in [2.75, 3.05) is 13.2 Å². The molecule has 0 amide bonds. The van der Waals surface area contributed by atoms with Crippen LogP contribution in [0.1, 0.15) is 43.7 Å². The predicted molar refractivity (Wildman–Crippen MR) is 158 cm³/mol. The zero-order valence-electron chi connectivity index (χ0n) is 22.9. The summed E-state index contributed by atoms with van der Waals surface area (Å²) in [5.74, 6) is -3.38. The van der Waals surface area contributed by atoms with Gasteiger partial charge in [-0.1, -0.05) is 80.1 Å². The molecule has 0 aliphatic heterocycles. The van der Waals surface area contributed by atoms with Crippen molar-refractivity contribution in [3.05, 3.63) is 120 Å². The molecule has 0 radical (unpaired) electrons. The zero-order valence-corrected chi connectivity index (χ0v) is 22.9. The second kappa shape index (κ2) is 14.4. The van der Waals surface area contributed by atoms with E-state index in [9.17, 15) is 8.78 Å². The Bertz CT molecular complexity index is 1490. The quantitative estimate of drug-likeness (QED) is 0.0701. The lowest BCUT2D eigenvalue weighted by atomic mass is 9.98. The van der Waals surface area contributed by atoms with Crippen molar-refractivity contribution < 1.29 is 27.0 Å². The van der Waals surface area contributed by atoms with Crippen molar-refractivity contribution >= 4 is 12.2 Å². The molecule has 0 saturated carbocycles. The van der Waals surface area contributed by atoms with Crippen molar-refractivity contribution in [1.82, 2.24) is 0 Å². The van der Waals surface area contributed by atoms with E-state index in [1.807, 2.05) is 0 Å². The van der Waals surface area contributed by atoms with Gasteiger partial charge in [0, 0.05) is 16.7 Å². The molecular weight excluding hydrogens is 528 g/mol. The third-order valence-electron chi connectivity index (χ3n) is 6.58. The molecule has 41 heavy (non-hydrogen) atoms. The molecule has 4 aromatic carbocycles. The van der Waals surface area contributed by atoms with Gasteiger partial charge in [-0.15, -0.1) is 6.58 Å². The number of hydrogen-bond acceptors (Lipinski definition) is 2. The fourth-order valence-corrected chi connectivity index (χ4v) is 4.22. The molecule has 4 rings (SSSR count). The van der Waals surface area contributed by atoms with Crippen LogP contribution in [0.2, 0.25) is 0 Å². The van der Waals surface area contributed by atoms with Crippen molar-refractivity contribution in [2.45, 2.75) is 32.6 Å². The van der Waals surface area contributed by atoms with Gasteiger partial charge in [0.05, 0.1) is 13.2 Å². The lowest BCUT2D eigenvalue weighted by molar-refractivity contribution is 0.291. The van der Waals surface area contributed by atoms with Crippen LogP contribution < -0.4 is 9.47 Å². The SMILES string of the molecule is C=CCCCOc1ccc(/C=C/c2ccc(-c3ccc(-c4ccc(OCCCC)cc4)c(F)c3F)cc2)c(F)c1F. The predicted octanol–water partition coefficient (Wildman–Crippen LogP) is 10.3. The second-order valence-corrected chi connectivity index (χ2v) is 9.53. The van der Waals surface area contributed by atoms with Gasteiger partial charge in [-0.25, -0.2) is 13.2 Å². The van der Waals surface area contributed by atoms with Crippen LogP contribution in [-0.2, 0) is 0 Å². The van der Waals surface area contributed by atoms with E-state index >= 15 is 8.78 Å². The first-order valence-electron chi connectivity index (χ1n) is 13.6. The minimum atomic E-state index is -1.04. The molecule has 0 saturated heterocycles. The second-order valence-electron chi connectivity index (χ2n) is 9.53. The Balaban J connectivity index is 1.45. The van der Waals surface area contributed by atoms with Crippen LogP contribution in [0.15, 0.2) is 85.5 Å². The van der Waals surface area contributed by atoms with Crippen LogP contribution in [0.3, 0.4) is 0 Å². The molecule has 0 bridgehead atoms. The van der Waals surface area contributed by atoms with Crippen LogP contribution in [0.5, 0.6) is 11.5 Å². The molecule has 4 aromatic rings. The molecule has 2 nitrogen and oxygen atoms in total. The van der Waals surface area contributed by atoms with Gasteiger partial charge in [-0.3, -0.25) is 0 Å². The summed E-state index contributed by atoms with van der Waals surface area (Å²) in [4.78, 5) is 0. The molecule has 0 atom stereocenters. The molecule has 0 spiro atoms. The maximum atomic E-state index is 15.1. The van der Waals surface area contributed by atoms with Crippen LogP contribution in [0.25, 0.3) is 34.4 Å². The fourth-order valence-electron chi connectivity index (χ4n) is 4.22. The van der Waals surface area contributed by atoms with Gasteiger partial charge in [0.25, 0.3) is 0 Å². The Labute approximate surface area is 238 Å². The van der Waals surface area contributed by atoms with E-state index in [1.54, 1.807) is 72.8 Å². The molecule has 0 N–H and O–H groups in total. The van der Waals surface area contributed by atoms with E-state index in [-0.39, 0.29) is 29.0 Å². The third kappa shape index (κ3) is 7.46. The molecule has 0 aliphatic carbocycles. The zero-order chi connectivity index (χ0) is 29.2. The van der Waals surface area contributed by atoms with Crippen LogP contribution >= 0.6 is 0 Å². The molecule has 0 fully saturated rings. The van der Waals surface area contributed by atoms with Gasteiger partial charge in [-0.2, -0.15) is 4.39 Å². The van der Waals surface area contributed by atoms with Crippen molar-refractivity contribution in [1.29, 1.82) is 0 Å². The number of ether oxygens (including phenoxy) is 2. The minimum Gasteiger partial charge on any atom is -0.494 e. The lowest BCUT2D eigenvalue weighted by Gasteiger charge is -2.11. The molecule has 0 unspecified atom stereocenters. The molecule has 0 aromatic heterocycles. The van der Waals surface area contributed by atoms with Crippen LogP contribution in [0, 0.1) is 23.3 Å². The highest BCUT2D eigenvalue weighted by molar-refractivity contribution is 5.75. The molecule has 0 heterocycles. The Hall–Kier alpha value is -4.32. The maximum absolute atomic E-state index is 15.1. The van der Waals surface area contributed by atoms with E-state index in [1.165, 1.54) is 18.2 Å². The van der Waals surface area contributed by atoms with E-state index in [0.29, 0.717) is 35.5 Å². The normalized spacial score (nSPS) is 11.1. The van der Waals surface area contributed by atoms with Gasteiger partial charge in [0.1, 0.15) is 5.75 Å². The Morgan fingerprint density at radius 1 is 0.634 bits per heavy atom. The molecule has 6 heteroatoms. The Kier molecular flexibility index (Phi) is 10.4. The number of unbranched alkanes of at least 4 members (excludes halogenated alkanes) is 2. The summed E-state index contributed by atoms with van der Waals surface area (Å²) in [6.07, 6.45) is 8.15. The lowest BCUT2D eigenvalue weighted by Crippen LogP contribution is -2.01. The summed E-state index contributed by atoms with van der Waals surface area (Å²) in [6.45, 7) is 6.56. The summed E-state index contributed by atoms with van der Waals surface area (Å²) in [5.41, 5.74) is 2.06. The number of allylic oxidation sites excluding steroid dienone is 1. The van der Waals surface area contributed by atoms with Gasteiger partial charge < -0.3 is 9.47 Å². The standard InChI is InChI=1S/C35H32F4O2/c1-3-5-7-23-41-31-21-16-27(32(36)35(31)39)13-10-24-8-11-25(12-9-24)29-19-20-30(34(38)33(29)37)26-14-17-28(18-15-26)40-22-6-4-2/h3,8-21H,1,4-7,22-23H2,2H3/b13-10+. The van der Waals surface area contributed by atoms with E-state index in [4.69, 9.17) is 9.47 Å². The largest absolute Gasteiger partial charge is 0.494 e. The average molecular weight is 561 g/mol. The van der Waals surface area contributed by atoms with E-state index in [0.717, 1.165) is 19.3 Å². The summed E-state index contributed by atoms with van der Waals surface area (Å²) in [7, 11) is 0. The smallest absolute Gasteiger partial charge is 0.201 e. The number of benzene rings is 4. The summed E-state index contributed by atoms with van der Waals surface area (Å²) < 4.78 is 70.1. The first-order chi connectivity index (χ1) is 19.9. The first kappa shape index (κ1) is 29.7. The maximum Gasteiger partial charge on any atom is 0.201 e. The summed E-state index contributed by atoms with van der Waals surface area (Å²) >= 11 is 0. The van der Waals surface area contributed by atoms with Crippen molar-refractivity contribution in [3.63, 3.8) is 0 Å².